The van der Waals surface area contributed by atoms with Crippen LogP contribution < -0.4 is 20.1 Å². The highest BCUT2D eigenvalue weighted by molar-refractivity contribution is 5.84. The van der Waals surface area contributed by atoms with Gasteiger partial charge in [-0.15, -0.1) is 0 Å². The summed E-state index contributed by atoms with van der Waals surface area (Å²) < 4.78 is 11.4. The summed E-state index contributed by atoms with van der Waals surface area (Å²) in [6.07, 6.45) is 0. The molecule has 0 unspecified atom stereocenters. The van der Waals surface area contributed by atoms with Gasteiger partial charge in [0, 0.05) is 23.3 Å². The van der Waals surface area contributed by atoms with Crippen LogP contribution in [0.25, 0.3) is 0 Å². The molecule has 42 heavy (non-hydrogen) atoms. The van der Waals surface area contributed by atoms with E-state index in [0.29, 0.717) is 34.2 Å². The Morgan fingerprint density at radius 3 is 1.52 bits per heavy atom. The van der Waals surface area contributed by atoms with Crippen molar-refractivity contribution in [3.8, 4) is 23.0 Å². The zero-order chi connectivity index (χ0) is 32.0. The van der Waals surface area contributed by atoms with Crippen molar-refractivity contribution < 1.29 is 19.7 Å². The predicted octanol–water partition coefficient (Wildman–Crippen LogP) is 9.62. The summed E-state index contributed by atoms with van der Waals surface area (Å²) in [6.45, 7) is 25.4. The largest absolute Gasteiger partial charge is 0.505 e. The highest BCUT2D eigenvalue weighted by Gasteiger charge is 2.28. The fourth-order valence-corrected chi connectivity index (χ4v) is 4.78. The molecule has 0 fully saturated rings. The van der Waals surface area contributed by atoms with Crippen LogP contribution in [-0.2, 0) is 21.7 Å². The second kappa shape index (κ2) is 11.3. The predicted molar refractivity (Wildman–Crippen MR) is 175 cm³/mol. The molecule has 0 atom stereocenters. The highest BCUT2D eigenvalue weighted by Crippen LogP contribution is 2.48. The number of phenolic OH excluding ortho intramolecular Hbond substituents is 2. The first-order valence-electron chi connectivity index (χ1n) is 14.6. The zero-order valence-electron chi connectivity index (χ0n) is 28.1. The lowest BCUT2D eigenvalue weighted by Crippen LogP contribution is -2.17. The van der Waals surface area contributed by atoms with Crippen LogP contribution in [0.1, 0.15) is 105 Å². The molecule has 0 aliphatic carbocycles. The van der Waals surface area contributed by atoms with Gasteiger partial charge in [-0.05, 0) is 44.9 Å². The SMILES string of the molecule is COc1cc([N]c2cc(C(C)(C)C)cc(C(C)(C)C)c2O)c(Nc2cc(C(C)(C)C)cc(C(C)(C)C)c2O)c(OC)c1. The second-order valence-corrected chi connectivity index (χ2v) is 15.3. The summed E-state index contributed by atoms with van der Waals surface area (Å²) in [5.41, 5.74) is 4.98. The van der Waals surface area contributed by atoms with Crippen LogP contribution in [0.4, 0.5) is 22.7 Å². The normalized spacial score (nSPS) is 12.7. The molecule has 0 heterocycles. The van der Waals surface area contributed by atoms with E-state index in [0.717, 1.165) is 22.3 Å². The fraction of sp³-hybridized carbons (Fsp3) is 0.500. The number of benzene rings is 3. The number of methoxy groups -OCH3 is 2. The molecule has 0 aliphatic heterocycles. The molecular weight excluding hydrogens is 524 g/mol. The van der Waals surface area contributed by atoms with E-state index >= 15 is 0 Å². The van der Waals surface area contributed by atoms with E-state index in [9.17, 15) is 10.2 Å². The Kier molecular flexibility index (Phi) is 8.85. The van der Waals surface area contributed by atoms with Crippen LogP contribution in [0, 0.1) is 0 Å². The molecule has 3 rings (SSSR count). The third kappa shape index (κ3) is 7.08. The van der Waals surface area contributed by atoms with Gasteiger partial charge in [-0.1, -0.05) is 95.2 Å². The minimum Gasteiger partial charge on any atom is -0.505 e. The maximum atomic E-state index is 11.5. The van der Waals surface area contributed by atoms with Crippen LogP contribution in [0.15, 0.2) is 36.4 Å². The number of rotatable bonds is 6. The smallest absolute Gasteiger partial charge is 0.148 e. The molecule has 6 nitrogen and oxygen atoms in total. The number of hydrogen-bond acceptors (Lipinski definition) is 5. The molecule has 0 aromatic heterocycles. The molecule has 3 aromatic carbocycles. The van der Waals surface area contributed by atoms with E-state index < -0.39 is 0 Å². The average molecular weight is 576 g/mol. The van der Waals surface area contributed by atoms with Gasteiger partial charge in [0.25, 0.3) is 0 Å². The number of aromatic hydroxyl groups is 2. The van der Waals surface area contributed by atoms with Gasteiger partial charge < -0.3 is 25.0 Å². The first-order chi connectivity index (χ1) is 19.1. The maximum absolute atomic E-state index is 11.5. The molecule has 0 amide bonds. The maximum Gasteiger partial charge on any atom is 0.148 e. The third-order valence-corrected chi connectivity index (χ3v) is 7.56. The van der Waals surface area contributed by atoms with E-state index in [1.54, 1.807) is 26.4 Å². The van der Waals surface area contributed by atoms with Crippen molar-refractivity contribution >= 4 is 22.7 Å². The van der Waals surface area contributed by atoms with E-state index in [1.165, 1.54) is 0 Å². The summed E-state index contributed by atoms with van der Waals surface area (Å²) >= 11 is 0. The van der Waals surface area contributed by atoms with Gasteiger partial charge in [-0.3, -0.25) is 0 Å². The molecule has 0 saturated heterocycles. The van der Waals surface area contributed by atoms with Crippen molar-refractivity contribution in [3.63, 3.8) is 0 Å². The first-order valence-corrected chi connectivity index (χ1v) is 14.6. The summed E-state index contributed by atoms with van der Waals surface area (Å²) in [7, 11) is 3.18. The Morgan fingerprint density at radius 1 is 0.571 bits per heavy atom. The lowest BCUT2D eigenvalue weighted by atomic mass is 9.79. The van der Waals surface area contributed by atoms with Crippen molar-refractivity contribution in [2.24, 2.45) is 0 Å². The second-order valence-electron chi connectivity index (χ2n) is 15.3. The van der Waals surface area contributed by atoms with Gasteiger partial charge in [0.2, 0.25) is 0 Å². The van der Waals surface area contributed by atoms with Gasteiger partial charge in [0.15, 0.2) is 0 Å². The quantitative estimate of drug-likeness (QED) is 0.255. The number of anilines is 2. The molecule has 0 spiro atoms. The molecule has 3 N–H and O–H groups in total. The van der Waals surface area contributed by atoms with E-state index in [4.69, 9.17) is 14.8 Å². The van der Waals surface area contributed by atoms with Gasteiger partial charge in [0.05, 0.1) is 25.6 Å². The molecule has 229 valence electrons. The number of nitrogens with zero attached hydrogens (tertiary/aromatic N) is 1. The van der Waals surface area contributed by atoms with Gasteiger partial charge in [-0.25, -0.2) is 5.32 Å². The highest BCUT2D eigenvalue weighted by atomic mass is 16.5. The van der Waals surface area contributed by atoms with Crippen molar-refractivity contribution in [3.05, 3.63) is 58.7 Å². The average Bonchev–Trinajstić information content (AvgIpc) is 2.84. The topological polar surface area (TPSA) is 85.1 Å². The Bertz CT molecular complexity index is 1450. The monoisotopic (exact) mass is 575 g/mol. The minimum atomic E-state index is -0.300. The van der Waals surface area contributed by atoms with Gasteiger partial charge in [-0.2, -0.15) is 0 Å². The van der Waals surface area contributed by atoms with E-state index in [2.05, 4.69) is 101 Å². The standard InChI is InChI=1S/C36H51N2O4/c1-33(2,3)21-15-24(35(7,8)9)31(39)27(17-21)37-26-19-23(41-13)20-29(42-14)30(26)38-28-18-22(34(4,5)6)16-25(32(28)40)36(10,11)12/h15-20,38-40H,1-14H3. The summed E-state index contributed by atoms with van der Waals surface area (Å²) in [4.78, 5) is 0. The molecule has 0 aliphatic rings. The molecule has 6 heteroatoms. The van der Waals surface area contributed by atoms with Crippen molar-refractivity contribution in [1.82, 2.24) is 5.32 Å². The van der Waals surface area contributed by atoms with Crippen molar-refractivity contribution in [2.75, 3.05) is 19.5 Å². The van der Waals surface area contributed by atoms with Crippen LogP contribution >= 0.6 is 0 Å². The summed E-state index contributed by atoms with van der Waals surface area (Å²) in [5.74, 6) is 1.36. The van der Waals surface area contributed by atoms with Gasteiger partial charge in [0.1, 0.15) is 34.4 Å². The van der Waals surface area contributed by atoms with Crippen LogP contribution in [0.3, 0.4) is 0 Å². The first kappa shape index (κ1) is 33.0. The molecular formula is C36H51N2O4. The zero-order valence-corrected chi connectivity index (χ0v) is 28.1. The third-order valence-electron chi connectivity index (χ3n) is 7.56. The van der Waals surface area contributed by atoms with Crippen LogP contribution in [0.5, 0.6) is 23.0 Å². The van der Waals surface area contributed by atoms with E-state index in [-0.39, 0.29) is 33.2 Å². The Morgan fingerprint density at radius 2 is 1.07 bits per heavy atom. The fourth-order valence-electron chi connectivity index (χ4n) is 4.78. The van der Waals surface area contributed by atoms with Crippen molar-refractivity contribution in [2.45, 2.75) is 105 Å². The lowest BCUT2D eigenvalue weighted by Gasteiger charge is -2.29. The number of phenols is 2. The Labute approximate surface area is 253 Å². The number of hydrogen-bond donors (Lipinski definition) is 3. The Hall–Kier alpha value is -3.54. The number of nitrogens with one attached hydrogen (secondary N) is 1. The molecule has 3 aromatic rings. The van der Waals surface area contributed by atoms with E-state index in [1.807, 2.05) is 12.1 Å². The minimum absolute atomic E-state index is 0.135. The summed E-state index contributed by atoms with van der Waals surface area (Å²) in [5, 5.41) is 31.5. The molecule has 0 saturated carbocycles. The lowest BCUT2D eigenvalue weighted by molar-refractivity contribution is 0.395. The Balaban J connectivity index is 2.31. The van der Waals surface area contributed by atoms with Crippen LogP contribution in [0.2, 0.25) is 0 Å². The number of ether oxygens (including phenoxy) is 2. The van der Waals surface area contributed by atoms with Gasteiger partial charge >= 0.3 is 0 Å². The molecule has 0 bridgehead atoms. The summed E-state index contributed by atoms with van der Waals surface area (Å²) in [6, 6.07) is 11.7. The molecule has 1 radical (unpaired) electrons. The van der Waals surface area contributed by atoms with Crippen molar-refractivity contribution in [1.29, 1.82) is 0 Å². The van der Waals surface area contributed by atoms with Crippen LogP contribution in [-0.4, -0.2) is 24.4 Å².